The molecule has 1 aromatic carbocycles. The molecular weight excluding hydrogens is 356 g/mol. The lowest BCUT2D eigenvalue weighted by atomic mass is 9.99. The Hall–Kier alpha value is -2.38. The molecule has 0 radical (unpaired) electrons. The van der Waals surface area contributed by atoms with Gasteiger partial charge in [0.2, 0.25) is 5.91 Å². The molecule has 2 heterocycles. The average molecular weight is 379 g/mol. The summed E-state index contributed by atoms with van der Waals surface area (Å²) >= 11 is 0. The standard InChI is InChI=1S/C18H22N4O3.ClH/c1-2-25-18(24)15-9-11-22(21-15)16-8-4-3-7-14(16)20-17(23)13-6-5-10-19-12-13;/h3-4,7-9,11,13,19H,2,5-6,10,12H2,1H3,(H,20,23);1H. The largest absolute Gasteiger partial charge is 0.461 e. The minimum atomic E-state index is -0.462. The van der Waals surface area contributed by atoms with E-state index >= 15 is 0 Å². The first-order valence-electron chi connectivity index (χ1n) is 8.53. The number of amides is 1. The zero-order chi connectivity index (χ0) is 17.6. The Morgan fingerprint density at radius 2 is 2.15 bits per heavy atom. The predicted molar refractivity (Wildman–Crippen MR) is 101 cm³/mol. The summed E-state index contributed by atoms with van der Waals surface area (Å²) in [5, 5.41) is 10.5. The number of benzene rings is 1. The van der Waals surface area contributed by atoms with Crippen molar-refractivity contribution in [3.05, 3.63) is 42.2 Å². The molecule has 1 saturated heterocycles. The highest BCUT2D eigenvalue weighted by molar-refractivity contribution is 5.94. The van der Waals surface area contributed by atoms with Crippen LogP contribution in [0, 0.1) is 5.92 Å². The highest BCUT2D eigenvalue weighted by Crippen LogP contribution is 2.21. The number of carbonyl (C=O) groups excluding carboxylic acids is 2. The molecule has 26 heavy (non-hydrogen) atoms. The molecule has 1 aliphatic heterocycles. The fourth-order valence-electron chi connectivity index (χ4n) is 2.86. The van der Waals surface area contributed by atoms with Crippen LogP contribution in [0.4, 0.5) is 5.69 Å². The van der Waals surface area contributed by atoms with Gasteiger partial charge in [-0.05, 0) is 44.5 Å². The molecule has 7 nitrogen and oxygen atoms in total. The molecule has 1 aliphatic rings. The van der Waals surface area contributed by atoms with Crippen LogP contribution in [0.15, 0.2) is 36.5 Å². The van der Waals surface area contributed by atoms with Crippen molar-refractivity contribution < 1.29 is 14.3 Å². The third kappa shape index (κ3) is 4.62. The molecule has 1 fully saturated rings. The van der Waals surface area contributed by atoms with Gasteiger partial charge in [0.05, 0.1) is 23.9 Å². The first kappa shape index (κ1) is 19.9. The smallest absolute Gasteiger partial charge is 0.358 e. The van der Waals surface area contributed by atoms with Crippen LogP contribution in [0.5, 0.6) is 0 Å². The Bertz CT molecular complexity index is 756. The van der Waals surface area contributed by atoms with Gasteiger partial charge in [-0.2, -0.15) is 5.10 Å². The summed E-state index contributed by atoms with van der Waals surface area (Å²) < 4.78 is 6.53. The molecule has 1 amide bonds. The molecule has 2 N–H and O–H groups in total. The van der Waals surface area contributed by atoms with Crippen molar-refractivity contribution in [2.24, 2.45) is 5.92 Å². The van der Waals surface area contributed by atoms with E-state index in [0.717, 1.165) is 19.4 Å². The monoisotopic (exact) mass is 378 g/mol. The van der Waals surface area contributed by atoms with Crippen LogP contribution in [0.25, 0.3) is 5.69 Å². The van der Waals surface area contributed by atoms with E-state index < -0.39 is 5.97 Å². The second-order valence-corrected chi connectivity index (χ2v) is 5.92. The minimum Gasteiger partial charge on any atom is -0.461 e. The van der Waals surface area contributed by atoms with Crippen LogP contribution in [0.3, 0.4) is 0 Å². The SMILES string of the molecule is CCOC(=O)c1ccn(-c2ccccc2NC(=O)C2CCCNC2)n1.Cl. The molecule has 0 saturated carbocycles. The van der Waals surface area contributed by atoms with E-state index in [1.807, 2.05) is 24.3 Å². The van der Waals surface area contributed by atoms with Crippen LogP contribution in [0.1, 0.15) is 30.3 Å². The third-order valence-corrected chi connectivity index (χ3v) is 4.15. The summed E-state index contributed by atoms with van der Waals surface area (Å²) in [4.78, 5) is 24.3. The second-order valence-electron chi connectivity index (χ2n) is 5.92. The summed E-state index contributed by atoms with van der Waals surface area (Å²) in [5.41, 5.74) is 1.60. The van der Waals surface area contributed by atoms with Gasteiger partial charge < -0.3 is 15.4 Å². The first-order chi connectivity index (χ1) is 12.2. The van der Waals surface area contributed by atoms with E-state index in [2.05, 4.69) is 15.7 Å². The number of piperidine rings is 1. The number of halogens is 1. The van der Waals surface area contributed by atoms with Crippen molar-refractivity contribution >= 4 is 30.0 Å². The van der Waals surface area contributed by atoms with E-state index in [4.69, 9.17) is 4.74 Å². The van der Waals surface area contributed by atoms with E-state index in [1.165, 1.54) is 0 Å². The summed E-state index contributed by atoms with van der Waals surface area (Å²) in [6, 6.07) is 8.99. The fraction of sp³-hybridized carbons (Fsp3) is 0.389. The van der Waals surface area contributed by atoms with Gasteiger partial charge in [0.1, 0.15) is 0 Å². The number of carbonyl (C=O) groups is 2. The Kier molecular flexibility index (Phi) is 7.17. The number of aromatic nitrogens is 2. The Labute approximate surface area is 158 Å². The van der Waals surface area contributed by atoms with E-state index in [1.54, 1.807) is 23.9 Å². The summed E-state index contributed by atoms with van der Waals surface area (Å²) in [7, 11) is 0. The lowest BCUT2D eigenvalue weighted by Gasteiger charge is -2.22. The van der Waals surface area contributed by atoms with Gasteiger partial charge in [0.25, 0.3) is 0 Å². The number of esters is 1. The summed E-state index contributed by atoms with van der Waals surface area (Å²) in [6.45, 7) is 3.71. The maximum Gasteiger partial charge on any atom is 0.358 e. The number of hydrogen-bond donors (Lipinski definition) is 2. The number of para-hydroxylation sites is 2. The van der Waals surface area contributed by atoms with Crippen LogP contribution in [-0.4, -0.2) is 41.4 Å². The predicted octanol–water partition coefficient (Wildman–Crippen LogP) is 2.41. The quantitative estimate of drug-likeness (QED) is 0.780. The number of hydrogen-bond acceptors (Lipinski definition) is 5. The van der Waals surface area contributed by atoms with Gasteiger partial charge in [0.15, 0.2) is 5.69 Å². The number of rotatable bonds is 5. The minimum absolute atomic E-state index is 0. The van der Waals surface area contributed by atoms with E-state index in [-0.39, 0.29) is 29.9 Å². The number of nitrogens with zero attached hydrogens (tertiary/aromatic N) is 2. The van der Waals surface area contributed by atoms with Crippen LogP contribution in [-0.2, 0) is 9.53 Å². The zero-order valence-corrected chi connectivity index (χ0v) is 15.4. The van der Waals surface area contributed by atoms with Crippen molar-refractivity contribution in [2.75, 3.05) is 25.0 Å². The van der Waals surface area contributed by atoms with Gasteiger partial charge in [-0.1, -0.05) is 12.1 Å². The van der Waals surface area contributed by atoms with Crippen LogP contribution in [0.2, 0.25) is 0 Å². The van der Waals surface area contributed by atoms with E-state index in [0.29, 0.717) is 24.5 Å². The molecule has 1 aromatic heterocycles. The topological polar surface area (TPSA) is 85.2 Å². The van der Waals surface area contributed by atoms with Crippen molar-refractivity contribution in [1.29, 1.82) is 0 Å². The maximum absolute atomic E-state index is 12.5. The number of anilines is 1. The fourth-order valence-corrected chi connectivity index (χ4v) is 2.86. The van der Waals surface area contributed by atoms with E-state index in [9.17, 15) is 9.59 Å². The molecule has 0 aliphatic carbocycles. The Morgan fingerprint density at radius 1 is 1.35 bits per heavy atom. The highest BCUT2D eigenvalue weighted by Gasteiger charge is 2.22. The van der Waals surface area contributed by atoms with Gasteiger partial charge >= 0.3 is 5.97 Å². The molecule has 0 bridgehead atoms. The maximum atomic E-state index is 12.5. The lowest BCUT2D eigenvalue weighted by Crippen LogP contribution is -2.37. The zero-order valence-electron chi connectivity index (χ0n) is 14.6. The normalized spacial score (nSPS) is 16.4. The molecule has 8 heteroatoms. The Morgan fingerprint density at radius 3 is 2.88 bits per heavy atom. The molecule has 1 atom stereocenters. The highest BCUT2D eigenvalue weighted by atomic mass is 35.5. The van der Waals surface area contributed by atoms with Crippen LogP contribution >= 0.6 is 12.4 Å². The molecule has 2 aromatic rings. The molecular formula is C18H23ClN4O3. The molecule has 140 valence electrons. The second kappa shape index (κ2) is 9.35. The summed E-state index contributed by atoms with van der Waals surface area (Å²) in [5.74, 6) is -0.497. The van der Waals surface area contributed by atoms with Crippen molar-refractivity contribution in [1.82, 2.24) is 15.1 Å². The van der Waals surface area contributed by atoms with Crippen molar-refractivity contribution in [3.63, 3.8) is 0 Å². The molecule has 0 spiro atoms. The number of ether oxygens (including phenoxy) is 1. The molecule has 1 unspecified atom stereocenters. The van der Waals surface area contributed by atoms with Crippen molar-refractivity contribution in [2.45, 2.75) is 19.8 Å². The summed E-state index contributed by atoms with van der Waals surface area (Å²) in [6.07, 6.45) is 3.57. The van der Waals surface area contributed by atoms with Gasteiger partial charge in [0, 0.05) is 12.7 Å². The van der Waals surface area contributed by atoms with Gasteiger partial charge in [-0.25, -0.2) is 9.48 Å². The lowest BCUT2D eigenvalue weighted by molar-refractivity contribution is -0.120. The average Bonchev–Trinajstić information content (AvgIpc) is 3.13. The van der Waals surface area contributed by atoms with Crippen molar-refractivity contribution in [3.8, 4) is 5.69 Å². The molecule has 3 rings (SSSR count). The first-order valence-corrected chi connectivity index (χ1v) is 8.53. The number of nitrogens with one attached hydrogen (secondary N) is 2. The third-order valence-electron chi connectivity index (χ3n) is 4.15. The Balaban J connectivity index is 0.00000243. The van der Waals surface area contributed by atoms with Gasteiger partial charge in [-0.15, -0.1) is 12.4 Å². The van der Waals surface area contributed by atoms with Gasteiger partial charge in [-0.3, -0.25) is 4.79 Å². The van der Waals surface area contributed by atoms with Crippen LogP contribution < -0.4 is 10.6 Å².